The molecular formula is C10H11N3O3S. The van der Waals surface area contributed by atoms with Gasteiger partial charge in [-0.2, -0.15) is 0 Å². The summed E-state index contributed by atoms with van der Waals surface area (Å²) < 4.78 is 0. The minimum Gasteiger partial charge on any atom is -0.317 e. The zero-order chi connectivity index (χ0) is 12.6. The van der Waals surface area contributed by atoms with Crippen LogP contribution in [-0.2, 0) is 9.59 Å². The first-order valence-electron chi connectivity index (χ1n) is 5.05. The van der Waals surface area contributed by atoms with Crippen LogP contribution in [0.2, 0.25) is 0 Å². The number of carbonyl (C=O) groups excluding carboxylic acids is 3. The van der Waals surface area contributed by atoms with Gasteiger partial charge in [-0.1, -0.05) is 0 Å². The van der Waals surface area contributed by atoms with Crippen LogP contribution < -0.4 is 5.32 Å². The van der Waals surface area contributed by atoms with E-state index < -0.39 is 17.9 Å². The number of carbonyl (C=O) groups is 3. The minimum atomic E-state index is -0.637. The zero-order valence-corrected chi connectivity index (χ0v) is 10.2. The molecule has 1 aromatic heterocycles. The van der Waals surface area contributed by atoms with Crippen LogP contribution in [0.4, 0.5) is 0 Å². The third kappa shape index (κ3) is 2.05. The maximum atomic E-state index is 12.1. The fourth-order valence-electron chi connectivity index (χ4n) is 1.60. The molecule has 1 N–H and O–H groups in total. The number of nitrogens with zero attached hydrogens (tertiary/aromatic N) is 2. The number of piperazine rings is 1. The Balaban J connectivity index is 2.27. The van der Waals surface area contributed by atoms with E-state index >= 15 is 0 Å². The average molecular weight is 253 g/mol. The normalized spacial score (nSPS) is 20.4. The molecule has 1 aliphatic rings. The molecule has 1 fully saturated rings. The van der Waals surface area contributed by atoms with E-state index in [9.17, 15) is 14.4 Å². The fraction of sp³-hybridized carbons (Fsp3) is 0.400. The van der Waals surface area contributed by atoms with Crippen LogP contribution in [0, 0.1) is 6.92 Å². The zero-order valence-electron chi connectivity index (χ0n) is 9.39. The highest BCUT2D eigenvalue weighted by Gasteiger charge is 2.34. The van der Waals surface area contributed by atoms with E-state index in [0.717, 1.165) is 0 Å². The van der Waals surface area contributed by atoms with Crippen LogP contribution in [0.3, 0.4) is 0 Å². The van der Waals surface area contributed by atoms with Crippen molar-refractivity contribution in [2.45, 2.75) is 19.9 Å². The lowest BCUT2D eigenvalue weighted by Gasteiger charge is -2.31. The summed E-state index contributed by atoms with van der Waals surface area (Å²) in [5.74, 6) is -1.22. The highest BCUT2D eigenvalue weighted by atomic mass is 32.1. The Morgan fingerprint density at radius 2 is 2.29 bits per heavy atom. The van der Waals surface area contributed by atoms with E-state index in [-0.39, 0.29) is 12.5 Å². The van der Waals surface area contributed by atoms with Crippen molar-refractivity contribution in [3.8, 4) is 0 Å². The van der Waals surface area contributed by atoms with Crippen LogP contribution in [0.25, 0.3) is 0 Å². The Morgan fingerprint density at radius 1 is 1.59 bits per heavy atom. The molecular weight excluding hydrogens is 242 g/mol. The first kappa shape index (κ1) is 11.7. The van der Waals surface area contributed by atoms with Crippen molar-refractivity contribution in [1.82, 2.24) is 15.2 Å². The Morgan fingerprint density at radius 3 is 2.88 bits per heavy atom. The average Bonchev–Trinajstić information content (AvgIpc) is 2.69. The summed E-state index contributed by atoms with van der Waals surface area (Å²) in [6.07, 6.45) is 0. The summed E-state index contributed by atoms with van der Waals surface area (Å²) >= 11 is 1.21. The van der Waals surface area contributed by atoms with Crippen LogP contribution in [0.15, 0.2) is 5.51 Å². The lowest BCUT2D eigenvalue weighted by Crippen LogP contribution is -2.58. The van der Waals surface area contributed by atoms with Gasteiger partial charge in [0.25, 0.3) is 5.91 Å². The van der Waals surface area contributed by atoms with E-state index in [4.69, 9.17) is 0 Å². The molecule has 0 spiro atoms. The van der Waals surface area contributed by atoms with Crippen molar-refractivity contribution in [3.05, 3.63) is 16.1 Å². The smallest absolute Gasteiger partial charge is 0.266 e. The summed E-state index contributed by atoms with van der Waals surface area (Å²) in [5.41, 5.74) is 2.18. The number of amides is 3. The molecule has 0 aliphatic carbocycles. The van der Waals surface area contributed by atoms with Crippen molar-refractivity contribution in [1.29, 1.82) is 0 Å². The minimum absolute atomic E-state index is 0.0942. The lowest BCUT2D eigenvalue weighted by atomic mass is 10.2. The van der Waals surface area contributed by atoms with Crippen molar-refractivity contribution < 1.29 is 14.4 Å². The Kier molecular flexibility index (Phi) is 2.93. The standard InChI is InChI=1S/C10H11N3O3S/c1-5-8(17-4-11-5)10(16)13-3-7(14)12-9(15)6(13)2/h4,6H,3H2,1-2H3,(H,12,14,15). The van der Waals surface area contributed by atoms with Gasteiger partial charge in [-0.3, -0.25) is 19.7 Å². The molecule has 1 saturated heterocycles. The quantitative estimate of drug-likeness (QED) is 0.711. The largest absolute Gasteiger partial charge is 0.317 e. The molecule has 17 heavy (non-hydrogen) atoms. The highest BCUT2D eigenvalue weighted by Crippen LogP contribution is 2.17. The van der Waals surface area contributed by atoms with Gasteiger partial charge in [-0.05, 0) is 13.8 Å². The van der Waals surface area contributed by atoms with Gasteiger partial charge in [0.15, 0.2) is 0 Å². The first-order valence-corrected chi connectivity index (χ1v) is 5.93. The molecule has 1 aromatic rings. The molecule has 0 bridgehead atoms. The molecule has 1 atom stereocenters. The van der Waals surface area contributed by atoms with Gasteiger partial charge in [-0.15, -0.1) is 11.3 Å². The molecule has 0 aromatic carbocycles. The van der Waals surface area contributed by atoms with E-state index in [2.05, 4.69) is 10.3 Å². The van der Waals surface area contributed by atoms with Crippen LogP contribution in [0.5, 0.6) is 0 Å². The fourth-order valence-corrected chi connectivity index (χ4v) is 2.36. The third-order valence-electron chi connectivity index (χ3n) is 2.62. The van der Waals surface area contributed by atoms with E-state index in [1.807, 2.05) is 0 Å². The SMILES string of the molecule is Cc1ncsc1C(=O)N1CC(=O)NC(=O)C1C. The van der Waals surface area contributed by atoms with Crippen LogP contribution >= 0.6 is 11.3 Å². The molecule has 3 amide bonds. The summed E-state index contributed by atoms with van der Waals surface area (Å²) in [6.45, 7) is 3.22. The number of rotatable bonds is 1. The monoisotopic (exact) mass is 253 g/mol. The summed E-state index contributed by atoms with van der Waals surface area (Å²) in [6, 6.07) is -0.637. The van der Waals surface area contributed by atoms with Gasteiger partial charge in [-0.25, -0.2) is 4.98 Å². The van der Waals surface area contributed by atoms with Gasteiger partial charge >= 0.3 is 0 Å². The Bertz CT molecular complexity index is 497. The van der Waals surface area contributed by atoms with E-state index in [1.165, 1.54) is 16.2 Å². The summed E-state index contributed by atoms with van der Waals surface area (Å²) in [5, 5.41) is 2.19. The van der Waals surface area contributed by atoms with Crippen molar-refractivity contribution in [2.24, 2.45) is 0 Å². The number of hydrogen-bond acceptors (Lipinski definition) is 5. The maximum Gasteiger partial charge on any atom is 0.266 e. The summed E-state index contributed by atoms with van der Waals surface area (Å²) in [7, 11) is 0. The van der Waals surface area contributed by atoms with Gasteiger partial charge in [0, 0.05) is 0 Å². The molecule has 0 radical (unpaired) electrons. The van der Waals surface area contributed by atoms with Crippen molar-refractivity contribution in [3.63, 3.8) is 0 Å². The van der Waals surface area contributed by atoms with E-state index in [0.29, 0.717) is 10.6 Å². The second kappa shape index (κ2) is 4.25. The topological polar surface area (TPSA) is 79.4 Å². The Hall–Kier alpha value is -1.76. The number of hydrogen-bond donors (Lipinski definition) is 1. The Labute approximate surface area is 102 Å². The number of thiazole rings is 1. The molecule has 1 unspecified atom stereocenters. The molecule has 7 heteroatoms. The molecule has 2 heterocycles. The van der Waals surface area contributed by atoms with E-state index in [1.54, 1.807) is 19.4 Å². The number of imide groups is 1. The van der Waals surface area contributed by atoms with Crippen molar-refractivity contribution >= 4 is 29.1 Å². The second-order valence-corrected chi connectivity index (χ2v) is 4.64. The molecule has 1 aliphatic heterocycles. The van der Waals surface area contributed by atoms with Gasteiger partial charge < -0.3 is 4.90 Å². The van der Waals surface area contributed by atoms with Gasteiger partial charge in [0.1, 0.15) is 17.5 Å². The van der Waals surface area contributed by atoms with Crippen LogP contribution in [0.1, 0.15) is 22.3 Å². The third-order valence-corrected chi connectivity index (χ3v) is 3.54. The number of aryl methyl sites for hydroxylation is 1. The molecule has 0 saturated carbocycles. The summed E-state index contributed by atoms with van der Waals surface area (Å²) in [4.78, 5) is 40.6. The molecule has 90 valence electrons. The van der Waals surface area contributed by atoms with Crippen molar-refractivity contribution in [2.75, 3.05) is 6.54 Å². The number of nitrogens with one attached hydrogen (secondary N) is 1. The second-order valence-electron chi connectivity index (χ2n) is 3.79. The molecule has 6 nitrogen and oxygen atoms in total. The van der Waals surface area contributed by atoms with Gasteiger partial charge in [0.2, 0.25) is 11.8 Å². The number of aromatic nitrogens is 1. The lowest BCUT2D eigenvalue weighted by molar-refractivity contribution is -0.138. The first-order chi connectivity index (χ1) is 8.00. The van der Waals surface area contributed by atoms with Gasteiger partial charge in [0.05, 0.1) is 11.2 Å². The molecule has 2 rings (SSSR count). The predicted octanol–water partition coefficient (Wildman–Crippen LogP) is -0.0614. The highest BCUT2D eigenvalue weighted by molar-refractivity contribution is 7.11. The maximum absolute atomic E-state index is 12.1. The van der Waals surface area contributed by atoms with Crippen LogP contribution in [-0.4, -0.2) is 40.2 Å². The predicted molar refractivity (Wildman–Crippen MR) is 60.5 cm³/mol.